The molecule has 5 nitrogen and oxygen atoms in total. The predicted octanol–water partition coefficient (Wildman–Crippen LogP) is 2.54. The van der Waals surface area contributed by atoms with Crippen LogP contribution in [0.1, 0.15) is 19.3 Å². The number of para-hydroxylation sites is 2. The lowest BCUT2D eigenvalue weighted by atomic mass is 10.1. The van der Waals surface area contributed by atoms with Gasteiger partial charge in [0.1, 0.15) is 0 Å². The Morgan fingerprint density at radius 2 is 1.71 bits per heavy atom. The molecule has 0 unspecified atom stereocenters. The highest BCUT2D eigenvalue weighted by atomic mass is 16.5. The van der Waals surface area contributed by atoms with Crippen molar-refractivity contribution in [3.63, 3.8) is 0 Å². The molecule has 0 aromatic heterocycles. The maximum absolute atomic E-state index is 12.4. The molecule has 1 aromatic rings. The summed E-state index contributed by atoms with van der Waals surface area (Å²) in [7, 11) is 0. The van der Waals surface area contributed by atoms with Crippen LogP contribution in [0.15, 0.2) is 24.3 Å². The Balaban J connectivity index is 1.70. The lowest BCUT2D eigenvalue weighted by Crippen LogP contribution is -2.40. The van der Waals surface area contributed by atoms with E-state index in [0.29, 0.717) is 0 Å². The molecule has 5 heteroatoms. The van der Waals surface area contributed by atoms with Crippen LogP contribution in [0.2, 0.25) is 0 Å². The number of likely N-dealkylation sites (tertiary alicyclic amines) is 1. The fourth-order valence-corrected chi connectivity index (χ4v) is 2.95. The van der Waals surface area contributed by atoms with Gasteiger partial charge in [-0.05, 0) is 31.4 Å². The summed E-state index contributed by atoms with van der Waals surface area (Å²) in [6, 6.07) is 8.05. The molecule has 0 radical (unpaired) electrons. The molecule has 0 atom stereocenters. The number of urea groups is 1. The van der Waals surface area contributed by atoms with Crippen molar-refractivity contribution in [2.45, 2.75) is 19.3 Å². The molecule has 0 saturated carbocycles. The van der Waals surface area contributed by atoms with E-state index in [4.69, 9.17) is 4.74 Å². The zero-order valence-corrected chi connectivity index (χ0v) is 12.4. The predicted molar refractivity (Wildman–Crippen MR) is 83.9 cm³/mol. The molecule has 2 aliphatic rings. The van der Waals surface area contributed by atoms with Gasteiger partial charge in [-0.1, -0.05) is 12.1 Å². The van der Waals surface area contributed by atoms with E-state index in [1.807, 2.05) is 23.1 Å². The van der Waals surface area contributed by atoms with Crippen molar-refractivity contribution in [3.8, 4) is 0 Å². The quantitative estimate of drug-likeness (QED) is 0.910. The average Bonchev–Trinajstić information content (AvgIpc) is 2.57. The summed E-state index contributed by atoms with van der Waals surface area (Å²) in [5.41, 5.74) is 1.99. The first kappa shape index (κ1) is 14.2. The van der Waals surface area contributed by atoms with E-state index in [2.05, 4.69) is 16.3 Å². The zero-order valence-electron chi connectivity index (χ0n) is 12.4. The van der Waals surface area contributed by atoms with Crippen LogP contribution in [-0.2, 0) is 4.74 Å². The van der Waals surface area contributed by atoms with Crippen molar-refractivity contribution in [1.82, 2.24) is 4.90 Å². The van der Waals surface area contributed by atoms with Crippen molar-refractivity contribution in [3.05, 3.63) is 24.3 Å². The maximum Gasteiger partial charge on any atom is 0.321 e. The molecule has 21 heavy (non-hydrogen) atoms. The van der Waals surface area contributed by atoms with Crippen LogP contribution in [0.3, 0.4) is 0 Å². The number of morpholine rings is 1. The van der Waals surface area contributed by atoms with Gasteiger partial charge in [-0.15, -0.1) is 0 Å². The summed E-state index contributed by atoms with van der Waals surface area (Å²) in [6.07, 6.45) is 3.45. The zero-order chi connectivity index (χ0) is 14.5. The minimum atomic E-state index is 0.0235. The molecular weight excluding hydrogens is 266 g/mol. The Morgan fingerprint density at radius 1 is 1.00 bits per heavy atom. The van der Waals surface area contributed by atoms with Crippen LogP contribution in [0.5, 0.6) is 0 Å². The van der Waals surface area contributed by atoms with Crippen molar-refractivity contribution in [1.29, 1.82) is 0 Å². The number of rotatable bonds is 2. The standard InChI is InChI=1S/C16H23N3O2/c20-16(19-8-4-1-5-9-19)17-14-6-2-3-7-15(14)18-10-12-21-13-11-18/h2-3,6-7H,1,4-5,8-13H2,(H,17,20). The Morgan fingerprint density at radius 3 is 2.48 bits per heavy atom. The van der Waals surface area contributed by atoms with E-state index in [9.17, 15) is 4.79 Å². The number of nitrogens with one attached hydrogen (secondary N) is 1. The van der Waals surface area contributed by atoms with E-state index < -0.39 is 0 Å². The molecule has 0 spiro atoms. The number of amides is 2. The summed E-state index contributed by atoms with van der Waals surface area (Å²) in [5.74, 6) is 0. The molecular formula is C16H23N3O2. The summed E-state index contributed by atoms with van der Waals surface area (Å²) < 4.78 is 5.40. The summed E-state index contributed by atoms with van der Waals surface area (Å²) in [5, 5.41) is 3.08. The number of anilines is 2. The number of piperidine rings is 1. The minimum Gasteiger partial charge on any atom is -0.378 e. The van der Waals surface area contributed by atoms with Crippen LogP contribution in [0.25, 0.3) is 0 Å². The first-order valence-electron chi connectivity index (χ1n) is 7.82. The van der Waals surface area contributed by atoms with Crippen molar-refractivity contribution in [2.24, 2.45) is 0 Å². The van der Waals surface area contributed by atoms with Gasteiger partial charge in [0.05, 0.1) is 24.6 Å². The first-order chi connectivity index (χ1) is 10.3. The second kappa shape index (κ2) is 6.80. The van der Waals surface area contributed by atoms with Gasteiger partial charge in [0, 0.05) is 26.2 Å². The number of ether oxygens (including phenoxy) is 1. The molecule has 2 amide bonds. The summed E-state index contributed by atoms with van der Waals surface area (Å²) in [4.78, 5) is 16.6. The van der Waals surface area contributed by atoms with E-state index in [1.54, 1.807) is 0 Å². The van der Waals surface area contributed by atoms with Crippen molar-refractivity contribution < 1.29 is 9.53 Å². The van der Waals surface area contributed by atoms with Gasteiger partial charge in [0.15, 0.2) is 0 Å². The lowest BCUT2D eigenvalue weighted by Gasteiger charge is -2.31. The van der Waals surface area contributed by atoms with E-state index in [0.717, 1.165) is 63.6 Å². The lowest BCUT2D eigenvalue weighted by molar-refractivity contribution is 0.123. The van der Waals surface area contributed by atoms with Crippen molar-refractivity contribution in [2.75, 3.05) is 49.6 Å². The fraction of sp³-hybridized carbons (Fsp3) is 0.562. The first-order valence-corrected chi connectivity index (χ1v) is 7.82. The van der Waals surface area contributed by atoms with Gasteiger partial charge in [-0.3, -0.25) is 0 Å². The van der Waals surface area contributed by atoms with Crippen LogP contribution < -0.4 is 10.2 Å². The molecule has 0 aliphatic carbocycles. The number of carbonyl (C=O) groups is 1. The fourth-order valence-electron chi connectivity index (χ4n) is 2.95. The van der Waals surface area contributed by atoms with E-state index >= 15 is 0 Å². The van der Waals surface area contributed by atoms with Gasteiger partial charge >= 0.3 is 6.03 Å². The second-order valence-electron chi connectivity index (χ2n) is 5.59. The third-order valence-corrected chi connectivity index (χ3v) is 4.14. The van der Waals surface area contributed by atoms with Crippen LogP contribution in [-0.4, -0.2) is 50.3 Å². The highest BCUT2D eigenvalue weighted by Gasteiger charge is 2.19. The third-order valence-electron chi connectivity index (χ3n) is 4.14. The number of benzene rings is 1. The Bertz CT molecular complexity index is 480. The number of hydrogen-bond donors (Lipinski definition) is 1. The third kappa shape index (κ3) is 3.47. The molecule has 114 valence electrons. The second-order valence-corrected chi connectivity index (χ2v) is 5.59. The molecule has 1 N–H and O–H groups in total. The Kier molecular flexibility index (Phi) is 4.60. The number of hydrogen-bond acceptors (Lipinski definition) is 3. The van der Waals surface area contributed by atoms with Gasteiger partial charge in [-0.2, -0.15) is 0 Å². The number of carbonyl (C=O) groups excluding carboxylic acids is 1. The van der Waals surface area contributed by atoms with Crippen LogP contribution in [0, 0.1) is 0 Å². The van der Waals surface area contributed by atoms with E-state index in [-0.39, 0.29) is 6.03 Å². The smallest absolute Gasteiger partial charge is 0.321 e. The minimum absolute atomic E-state index is 0.0235. The largest absolute Gasteiger partial charge is 0.378 e. The average molecular weight is 289 g/mol. The summed E-state index contributed by atoms with van der Waals surface area (Å²) >= 11 is 0. The molecule has 2 heterocycles. The molecule has 3 rings (SSSR count). The molecule has 2 fully saturated rings. The van der Waals surface area contributed by atoms with Crippen LogP contribution >= 0.6 is 0 Å². The van der Waals surface area contributed by atoms with Gasteiger partial charge in [0.2, 0.25) is 0 Å². The molecule has 2 saturated heterocycles. The Hall–Kier alpha value is -1.75. The summed E-state index contributed by atoms with van der Waals surface area (Å²) in [6.45, 7) is 4.97. The highest BCUT2D eigenvalue weighted by Crippen LogP contribution is 2.26. The normalized spacial score (nSPS) is 19.4. The SMILES string of the molecule is O=C(Nc1ccccc1N1CCOCC1)N1CCCCC1. The molecule has 2 aliphatic heterocycles. The van der Waals surface area contributed by atoms with Crippen molar-refractivity contribution >= 4 is 17.4 Å². The molecule has 0 bridgehead atoms. The monoisotopic (exact) mass is 289 g/mol. The highest BCUT2D eigenvalue weighted by molar-refractivity contribution is 5.93. The van der Waals surface area contributed by atoms with Gasteiger partial charge in [0.25, 0.3) is 0 Å². The Labute approximate surface area is 125 Å². The van der Waals surface area contributed by atoms with Crippen LogP contribution in [0.4, 0.5) is 16.2 Å². The topological polar surface area (TPSA) is 44.8 Å². The van der Waals surface area contributed by atoms with Gasteiger partial charge < -0.3 is 19.9 Å². The maximum atomic E-state index is 12.4. The number of nitrogens with zero attached hydrogens (tertiary/aromatic N) is 2. The van der Waals surface area contributed by atoms with E-state index in [1.165, 1.54) is 6.42 Å². The van der Waals surface area contributed by atoms with Gasteiger partial charge in [-0.25, -0.2) is 4.79 Å². The molecule has 1 aromatic carbocycles.